The summed E-state index contributed by atoms with van der Waals surface area (Å²) in [6, 6.07) is 14.0. The minimum absolute atomic E-state index is 0.231. The first-order valence-corrected chi connectivity index (χ1v) is 5.74. The van der Waals surface area contributed by atoms with Crippen LogP contribution in [0.2, 0.25) is 5.02 Å². The van der Waals surface area contributed by atoms with Crippen LogP contribution >= 0.6 is 11.6 Å². The summed E-state index contributed by atoms with van der Waals surface area (Å²) in [5, 5.41) is 19.8. The molecule has 0 aliphatic carbocycles. The van der Waals surface area contributed by atoms with E-state index in [4.69, 9.17) is 16.7 Å². The van der Waals surface area contributed by atoms with E-state index in [9.17, 15) is 5.11 Å². The third-order valence-electron chi connectivity index (χ3n) is 2.62. The number of phenolic OH excluding ortho intramolecular Hbond substituents is 1. The molecular formula is C14H13ClO2. The molecule has 88 valence electrons. The van der Waals surface area contributed by atoms with Crippen LogP contribution in [-0.2, 0) is 6.42 Å². The van der Waals surface area contributed by atoms with Gasteiger partial charge >= 0.3 is 0 Å². The second kappa shape index (κ2) is 5.21. The molecule has 17 heavy (non-hydrogen) atoms. The van der Waals surface area contributed by atoms with Crippen molar-refractivity contribution in [3.63, 3.8) is 0 Å². The maximum Gasteiger partial charge on any atom is 0.115 e. The molecule has 0 amide bonds. The summed E-state index contributed by atoms with van der Waals surface area (Å²) in [6.45, 7) is 0. The number of aliphatic hydroxyl groups excluding tert-OH is 1. The number of rotatable bonds is 3. The molecule has 0 bridgehead atoms. The van der Waals surface area contributed by atoms with Gasteiger partial charge in [0.1, 0.15) is 5.75 Å². The highest BCUT2D eigenvalue weighted by atomic mass is 35.5. The zero-order valence-corrected chi connectivity index (χ0v) is 9.93. The lowest BCUT2D eigenvalue weighted by molar-refractivity contribution is 0.178. The number of benzene rings is 2. The Morgan fingerprint density at radius 1 is 0.941 bits per heavy atom. The topological polar surface area (TPSA) is 40.5 Å². The van der Waals surface area contributed by atoms with Gasteiger partial charge in [0, 0.05) is 11.4 Å². The molecule has 2 N–H and O–H groups in total. The van der Waals surface area contributed by atoms with Crippen LogP contribution in [0.15, 0.2) is 48.5 Å². The van der Waals surface area contributed by atoms with E-state index in [0.29, 0.717) is 11.4 Å². The van der Waals surface area contributed by atoms with Crippen molar-refractivity contribution in [3.05, 3.63) is 64.7 Å². The van der Waals surface area contributed by atoms with Crippen LogP contribution in [0.25, 0.3) is 0 Å². The summed E-state index contributed by atoms with van der Waals surface area (Å²) in [6.07, 6.45) is -0.0427. The van der Waals surface area contributed by atoms with Crippen molar-refractivity contribution in [2.75, 3.05) is 0 Å². The van der Waals surface area contributed by atoms with Gasteiger partial charge in [-0.1, -0.05) is 35.9 Å². The molecule has 0 spiro atoms. The zero-order chi connectivity index (χ0) is 12.3. The van der Waals surface area contributed by atoms with E-state index < -0.39 is 6.10 Å². The molecule has 0 saturated heterocycles. The van der Waals surface area contributed by atoms with Crippen LogP contribution in [0.4, 0.5) is 0 Å². The molecule has 3 heteroatoms. The summed E-state index contributed by atoms with van der Waals surface area (Å²) in [4.78, 5) is 0. The first-order valence-electron chi connectivity index (χ1n) is 5.36. The normalized spacial score (nSPS) is 12.4. The highest BCUT2D eigenvalue weighted by molar-refractivity contribution is 6.30. The van der Waals surface area contributed by atoms with Crippen molar-refractivity contribution >= 4 is 11.6 Å². The molecule has 0 fully saturated rings. The van der Waals surface area contributed by atoms with Gasteiger partial charge in [-0.2, -0.15) is 0 Å². The van der Waals surface area contributed by atoms with Crippen molar-refractivity contribution in [1.82, 2.24) is 0 Å². The highest BCUT2D eigenvalue weighted by Crippen LogP contribution is 2.21. The Hall–Kier alpha value is -1.51. The van der Waals surface area contributed by atoms with Crippen molar-refractivity contribution in [1.29, 1.82) is 0 Å². The second-order valence-electron chi connectivity index (χ2n) is 3.94. The lowest BCUT2D eigenvalue weighted by atomic mass is 10.0. The Balaban J connectivity index is 2.08. The fraction of sp³-hybridized carbons (Fsp3) is 0.143. The molecule has 0 heterocycles. The number of hydrogen-bond acceptors (Lipinski definition) is 2. The molecule has 0 aliphatic heterocycles. The van der Waals surface area contributed by atoms with Gasteiger partial charge < -0.3 is 10.2 Å². The Labute approximate surface area is 105 Å². The molecule has 2 rings (SSSR count). The number of phenols is 1. The van der Waals surface area contributed by atoms with Crippen LogP contribution in [0.1, 0.15) is 17.2 Å². The quantitative estimate of drug-likeness (QED) is 0.875. The summed E-state index contributed by atoms with van der Waals surface area (Å²) < 4.78 is 0. The number of hydrogen-bond donors (Lipinski definition) is 2. The van der Waals surface area contributed by atoms with E-state index in [-0.39, 0.29) is 5.75 Å². The van der Waals surface area contributed by atoms with Crippen LogP contribution in [0.3, 0.4) is 0 Å². The predicted molar refractivity (Wildman–Crippen MR) is 68.2 cm³/mol. The van der Waals surface area contributed by atoms with E-state index in [1.807, 2.05) is 12.1 Å². The van der Waals surface area contributed by atoms with Crippen LogP contribution in [0.5, 0.6) is 5.75 Å². The molecule has 0 saturated carbocycles. The summed E-state index contributed by atoms with van der Waals surface area (Å²) in [5.74, 6) is 0.231. The molecule has 1 atom stereocenters. The number of aliphatic hydroxyl groups is 1. The summed E-state index contributed by atoms with van der Waals surface area (Å²) in [5.41, 5.74) is 1.81. The maximum atomic E-state index is 10.0. The van der Waals surface area contributed by atoms with Gasteiger partial charge in [0.15, 0.2) is 0 Å². The van der Waals surface area contributed by atoms with E-state index in [1.54, 1.807) is 36.4 Å². The molecule has 2 aromatic rings. The Morgan fingerprint density at radius 3 is 2.12 bits per heavy atom. The first kappa shape index (κ1) is 12.0. The van der Waals surface area contributed by atoms with Gasteiger partial charge in [-0.25, -0.2) is 0 Å². The fourth-order valence-electron chi connectivity index (χ4n) is 1.66. The molecule has 0 radical (unpaired) electrons. The van der Waals surface area contributed by atoms with E-state index in [2.05, 4.69) is 0 Å². The van der Waals surface area contributed by atoms with Gasteiger partial charge in [0.25, 0.3) is 0 Å². The van der Waals surface area contributed by atoms with Gasteiger partial charge in [-0.05, 0) is 35.4 Å². The monoisotopic (exact) mass is 248 g/mol. The highest BCUT2D eigenvalue weighted by Gasteiger charge is 2.08. The average molecular weight is 249 g/mol. The van der Waals surface area contributed by atoms with Gasteiger partial charge in [0.05, 0.1) is 6.10 Å². The largest absolute Gasteiger partial charge is 0.508 e. The van der Waals surface area contributed by atoms with Crippen molar-refractivity contribution in [2.24, 2.45) is 0 Å². The second-order valence-corrected chi connectivity index (χ2v) is 4.37. The smallest absolute Gasteiger partial charge is 0.115 e. The molecule has 0 unspecified atom stereocenters. The molecule has 2 nitrogen and oxygen atoms in total. The zero-order valence-electron chi connectivity index (χ0n) is 9.18. The number of halogens is 1. The first-order chi connectivity index (χ1) is 8.15. The van der Waals surface area contributed by atoms with Crippen molar-refractivity contribution in [2.45, 2.75) is 12.5 Å². The lowest BCUT2D eigenvalue weighted by Crippen LogP contribution is -2.01. The van der Waals surface area contributed by atoms with Crippen LogP contribution < -0.4 is 0 Å². The maximum absolute atomic E-state index is 10.0. The fourth-order valence-corrected chi connectivity index (χ4v) is 1.78. The molecule has 2 aromatic carbocycles. The third kappa shape index (κ3) is 3.22. The summed E-state index contributed by atoms with van der Waals surface area (Å²) >= 11 is 5.78. The van der Waals surface area contributed by atoms with Gasteiger partial charge in [0.2, 0.25) is 0 Å². The SMILES string of the molecule is Oc1ccc(C[C@@H](O)c2ccc(Cl)cc2)cc1. The average Bonchev–Trinajstić information content (AvgIpc) is 2.33. The molecule has 0 aromatic heterocycles. The van der Waals surface area contributed by atoms with Crippen LogP contribution in [-0.4, -0.2) is 10.2 Å². The van der Waals surface area contributed by atoms with E-state index >= 15 is 0 Å². The predicted octanol–water partition coefficient (Wildman–Crippen LogP) is 3.32. The Morgan fingerprint density at radius 2 is 1.53 bits per heavy atom. The van der Waals surface area contributed by atoms with E-state index in [0.717, 1.165) is 11.1 Å². The summed E-state index contributed by atoms with van der Waals surface area (Å²) in [7, 11) is 0. The Kier molecular flexibility index (Phi) is 3.67. The lowest BCUT2D eigenvalue weighted by Gasteiger charge is -2.11. The van der Waals surface area contributed by atoms with Crippen molar-refractivity contribution < 1.29 is 10.2 Å². The van der Waals surface area contributed by atoms with Gasteiger partial charge in [-0.15, -0.1) is 0 Å². The van der Waals surface area contributed by atoms with Crippen molar-refractivity contribution in [3.8, 4) is 5.75 Å². The molecular weight excluding hydrogens is 236 g/mol. The molecule has 0 aliphatic rings. The van der Waals surface area contributed by atoms with Crippen LogP contribution in [0, 0.1) is 0 Å². The third-order valence-corrected chi connectivity index (χ3v) is 2.87. The van der Waals surface area contributed by atoms with Gasteiger partial charge in [-0.3, -0.25) is 0 Å². The number of aromatic hydroxyl groups is 1. The van der Waals surface area contributed by atoms with E-state index in [1.165, 1.54) is 0 Å². The minimum atomic E-state index is -0.559. The minimum Gasteiger partial charge on any atom is -0.508 e. The standard InChI is InChI=1S/C14H13ClO2/c15-12-5-3-11(4-6-12)14(17)9-10-1-7-13(16)8-2-10/h1-8,14,16-17H,9H2/t14-/m1/s1. The Bertz CT molecular complexity index is 477.